The maximum atomic E-state index is 12.1. The van der Waals surface area contributed by atoms with E-state index in [9.17, 15) is 13.2 Å². The number of hydrogen-bond donors (Lipinski definition) is 2. The highest BCUT2D eigenvalue weighted by Gasteiger charge is 2.30. The predicted octanol–water partition coefficient (Wildman–Crippen LogP) is 2.29. The number of nitriles is 1. The van der Waals surface area contributed by atoms with E-state index in [1.54, 1.807) is 0 Å². The zero-order valence-corrected chi connectivity index (χ0v) is 9.04. The summed E-state index contributed by atoms with van der Waals surface area (Å²) < 4.78 is 36.3. The molecule has 1 aromatic heterocycles. The average Bonchev–Trinajstić information content (AvgIpc) is 2.17. The lowest BCUT2D eigenvalue weighted by molar-refractivity contribution is -0.136. The van der Waals surface area contributed by atoms with Gasteiger partial charge >= 0.3 is 6.18 Å². The van der Waals surface area contributed by atoms with Crippen molar-refractivity contribution in [1.82, 2.24) is 4.98 Å². The Balaban J connectivity index is 2.79. The smallest absolute Gasteiger partial charge is 0.391 e. The van der Waals surface area contributed by atoms with E-state index in [4.69, 9.17) is 11.0 Å². The summed E-state index contributed by atoms with van der Waals surface area (Å²) in [6.45, 7) is 1.37. The van der Waals surface area contributed by atoms with Crippen LogP contribution in [0.4, 0.5) is 24.7 Å². The molecule has 1 aromatic rings. The lowest BCUT2D eigenvalue weighted by atomic mass is 10.2. The summed E-state index contributed by atoms with van der Waals surface area (Å²) >= 11 is 0. The van der Waals surface area contributed by atoms with Gasteiger partial charge in [0, 0.05) is 6.04 Å². The van der Waals surface area contributed by atoms with E-state index in [0.29, 0.717) is 0 Å². The molecule has 0 aliphatic heterocycles. The number of alkyl halides is 3. The molecule has 0 radical (unpaired) electrons. The van der Waals surface area contributed by atoms with Gasteiger partial charge in [0.15, 0.2) is 0 Å². The molecular formula is C10H11F3N4. The van der Waals surface area contributed by atoms with E-state index in [0.717, 1.165) is 0 Å². The van der Waals surface area contributed by atoms with Crippen LogP contribution in [0.1, 0.15) is 18.9 Å². The van der Waals surface area contributed by atoms with Crippen LogP contribution in [0, 0.1) is 11.3 Å². The second-order valence-electron chi connectivity index (χ2n) is 3.64. The Morgan fingerprint density at radius 1 is 1.59 bits per heavy atom. The first kappa shape index (κ1) is 13.1. The summed E-state index contributed by atoms with van der Waals surface area (Å²) in [6, 6.07) is 2.31. The van der Waals surface area contributed by atoms with Gasteiger partial charge in [-0.25, -0.2) is 4.98 Å². The fourth-order valence-corrected chi connectivity index (χ4v) is 1.31. The fraction of sp³-hybridized carbons (Fsp3) is 0.400. The first-order valence-corrected chi connectivity index (χ1v) is 4.80. The molecule has 3 N–H and O–H groups in total. The van der Waals surface area contributed by atoms with Crippen LogP contribution in [0.2, 0.25) is 0 Å². The molecule has 0 fully saturated rings. The summed E-state index contributed by atoms with van der Waals surface area (Å²) in [5.74, 6) is 0.110. The Labute approximate surface area is 96.3 Å². The largest absolute Gasteiger partial charge is 0.397 e. The van der Waals surface area contributed by atoms with Gasteiger partial charge in [0.2, 0.25) is 0 Å². The van der Waals surface area contributed by atoms with Gasteiger partial charge in [-0.3, -0.25) is 0 Å². The van der Waals surface area contributed by atoms with E-state index in [-0.39, 0.29) is 17.1 Å². The van der Waals surface area contributed by atoms with Crippen LogP contribution in [0.25, 0.3) is 0 Å². The molecule has 0 saturated heterocycles. The number of rotatable bonds is 3. The standard InChI is InChI=1S/C10H11F3N4/c1-6(3-10(11,12)13)17-9-7(4-14)2-8(15)5-16-9/h2,5-6H,3,15H2,1H3,(H,16,17). The maximum Gasteiger partial charge on any atom is 0.391 e. The zero-order chi connectivity index (χ0) is 13.1. The van der Waals surface area contributed by atoms with Gasteiger partial charge in [0.05, 0.1) is 23.9 Å². The van der Waals surface area contributed by atoms with Crippen molar-refractivity contribution in [2.24, 2.45) is 0 Å². The number of nitrogens with two attached hydrogens (primary N) is 1. The molecule has 1 atom stereocenters. The van der Waals surface area contributed by atoms with Crippen molar-refractivity contribution in [3.63, 3.8) is 0 Å². The van der Waals surface area contributed by atoms with Crippen LogP contribution in [0.15, 0.2) is 12.3 Å². The number of pyridine rings is 1. The van der Waals surface area contributed by atoms with E-state index in [1.807, 2.05) is 6.07 Å². The van der Waals surface area contributed by atoms with E-state index >= 15 is 0 Å². The quantitative estimate of drug-likeness (QED) is 0.855. The molecule has 1 unspecified atom stereocenters. The number of aromatic nitrogens is 1. The normalized spacial score (nSPS) is 12.9. The third-order valence-electron chi connectivity index (χ3n) is 1.95. The topological polar surface area (TPSA) is 74.7 Å². The van der Waals surface area contributed by atoms with Crippen molar-refractivity contribution in [2.45, 2.75) is 25.6 Å². The van der Waals surface area contributed by atoms with Crippen LogP contribution in [0.3, 0.4) is 0 Å². The molecule has 92 valence electrons. The molecule has 0 saturated carbocycles. The lowest BCUT2D eigenvalue weighted by Crippen LogP contribution is -2.24. The first-order chi connectivity index (χ1) is 7.81. The highest BCUT2D eigenvalue weighted by Crippen LogP contribution is 2.24. The number of halogens is 3. The number of nitrogens with zero attached hydrogens (tertiary/aromatic N) is 2. The van der Waals surface area contributed by atoms with Crippen molar-refractivity contribution in [1.29, 1.82) is 5.26 Å². The van der Waals surface area contributed by atoms with Gasteiger partial charge in [-0.1, -0.05) is 0 Å². The Morgan fingerprint density at radius 2 is 2.24 bits per heavy atom. The molecule has 0 amide bonds. The monoisotopic (exact) mass is 244 g/mol. The lowest BCUT2D eigenvalue weighted by Gasteiger charge is -2.17. The van der Waals surface area contributed by atoms with Crippen LogP contribution in [0.5, 0.6) is 0 Å². The zero-order valence-electron chi connectivity index (χ0n) is 9.04. The fourth-order valence-electron chi connectivity index (χ4n) is 1.31. The Bertz CT molecular complexity index is 436. The second kappa shape index (κ2) is 4.91. The number of nitrogen functional groups attached to an aromatic ring is 1. The van der Waals surface area contributed by atoms with Crippen LogP contribution in [-0.2, 0) is 0 Å². The third kappa shape index (κ3) is 4.18. The first-order valence-electron chi connectivity index (χ1n) is 4.80. The Kier molecular flexibility index (Phi) is 3.78. The van der Waals surface area contributed by atoms with Crippen LogP contribution < -0.4 is 11.1 Å². The molecule has 0 aliphatic carbocycles. The summed E-state index contributed by atoms with van der Waals surface area (Å²) in [7, 11) is 0. The third-order valence-corrected chi connectivity index (χ3v) is 1.95. The van der Waals surface area contributed by atoms with Gasteiger partial charge in [0.25, 0.3) is 0 Å². The molecule has 7 heteroatoms. The molecule has 0 aromatic carbocycles. The number of nitrogens with one attached hydrogen (secondary N) is 1. The van der Waals surface area contributed by atoms with E-state index in [1.165, 1.54) is 19.2 Å². The van der Waals surface area contributed by atoms with Crippen molar-refractivity contribution in [2.75, 3.05) is 11.1 Å². The van der Waals surface area contributed by atoms with Crippen LogP contribution >= 0.6 is 0 Å². The minimum atomic E-state index is -4.26. The van der Waals surface area contributed by atoms with Gasteiger partial charge in [0.1, 0.15) is 11.9 Å². The Hall–Kier alpha value is -1.97. The molecule has 1 rings (SSSR count). The average molecular weight is 244 g/mol. The molecular weight excluding hydrogens is 233 g/mol. The number of hydrogen-bond acceptors (Lipinski definition) is 4. The van der Waals surface area contributed by atoms with Crippen molar-refractivity contribution < 1.29 is 13.2 Å². The predicted molar refractivity (Wildman–Crippen MR) is 57.1 cm³/mol. The SMILES string of the molecule is CC(CC(F)(F)F)Nc1ncc(N)cc1C#N. The summed E-state index contributed by atoms with van der Waals surface area (Å²) in [4.78, 5) is 3.79. The minimum Gasteiger partial charge on any atom is -0.397 e. The highest BCUT2D eigenvalue weighted by atomic mass is 19.4. The van der Waals surface area contributed by atoms with E-state index < -0.39 is 18.6 Å². The Morgan fingerprint density at radius 3 is 2.76 bits per heavy atom. The van der Waals surface area contributed by atoms with Crippen molar-refractivity contribution in [3.8, 4) is 6.07 Å². The van der Waals surface area contributed by atoms with Gasteiger partial charge in [-0.15, -0.1) is 0 Å². The summed E-state index contributed by atoms with van der Waals surface area (Å²) in [5.41, 5.74) is 5.83. The molecule has 4 nitrogen and oxygen atoms in total. The molecule has 0 bridgehead atoms. The summed E-state index contributed by atoms with van der Waals surface area (Å²) in [6.07, 6.45) is -3.97. The van der Waals surface area contributed by atoms with Crippen molar-refractivity contribution in [3.05, 3.63) is 17.8 Å². The number of anilines is 2. The second-order valence-corrected chi connectivity index (χ2v) is 3.64. The summed E-state index contributed by atoms with van der Waals surface area (Å²) in [5, 5.41) is 11.3. The molecule has 0 aliphatic rings. The van der Waals surface area contributed by atoms with Crippen molar-refractivity contribution >= 4 is 11.5 Å². The highest BCUT2D eigenvalue weighted by molar-refractivity contribution is 5.57. The molecule has 1 heterocycles. The maximum absolute atomic E-state index is 12.1. The van der Waals surface area contributed by atoms with Gasteiger partial charge in [-0.2, -0.15) is 18.4 Å². The molecule has 17 heavy (non-hydrogen) atoms. The minimum absolute atomic E-state index is 0.110. The van der Waals surface area contributed by atoms with Gasteiger partial charge < -0.3 is 11.1 Å². The van der Waals surface area contributed by atoms with Crippen LogP contribution in [-0.4, -0.2) is 17.2 Å². The van der Waals surface area contributed by atoms with E-state index in [2.05, 4.69) is 10.3 Å². The molecule has 0 spiro atoms. The van der Waals surface area contributed by atoms with Gasteiger partial charge in [-0.05, 0) is 13.0 Å².